The van der Waals surface area contributed by atoms with Crippen molar-refractivity contribution in [1.29, 1.82) is 5.26 Å². The minimum Gasteiger partial charge on any atom is -0.353 e. The van der Waals surface area contributed by atoms with E-state index in [2.05, 4.69) is 30.3 Å². The molecule has 2 rings (SSSR count). The lowest BCUT2D eigenvalue weighted by Gasteiger charge is -2.04. The molecule has 0 aliphatic rings. The van der Waals surface area contributed by atoms with Crippen LogP contribution in [-0.4, -0.2) is 9.78 Å². The molecule has 1 N–H and O–H groups in total. The minimum atomic E-state index is 0.344. The zero-order chi connectivity index (χ0) is 12.3. The molecule has 0 aliphatic heterocycles. The van der Waals surface area contributed by atoms with Crippen molar-refractivity contribution in [2.75, 3.05) is 5.32 Å². The van der Waals surface area contributed by atoms with Gasteiger partial charge in [0.1, 0.15) is 0 Å². The monoisotopic (exact) mass is 226 g/mol. The minimum absolute atomic E-state index is 0.344. The number of benzene rings is 1. The Kier molecular flexibility index (Phi) is 3.10. The summed E-state index contributed by atoms with van der Waals surface area (Å²) >= 11 is 0. The van der Waals surface area contributed by atoms with Gasteiger partial charge in [-0.15, -0.1) is 0 Å². The van der Waals surface area contributed by atoms with Crippen LogP contribution < -0.4 is 5.32 Å². The van der Waals surface area contributed by atoms with E-state index in [9.17, 15) is 0 Å². The Bertz CT molecular complexity index is 549. The van der Waals surface area contributed by atoms with E-state index in [0.717, 1.165) is 11.4 Å². The van der Waals surface area contributed by atoms with Crippen molar-refractivity contribution in [3.05, 3.63) is 42.2 Å². The van der Waals surface area contributed by atoms with Crippen LogP contribution in [0.5, 0.6) is 0 Å². The second-order valence-corrected chi connectivity index (χ2v) is 4.12. The van der Waals surface area contributed by atoms with Gasteiger partial charge in [-0.05, 0) is 32.0 Å². The van der Waals surface area contributed by atoms with Crippen molar-refractivity contribution in [3.63, 3.8) is 0 Å². The Labute approximate surface area is 100 Å². The second kappa shape index (κ2) is 4.71. The van der Waals surface area contributed by atoms with Crippen LogP contribution in [-0.2, 0) is 0 Å². The van der Waals surface area contributed by atoms with Gasteiger partial charge >= 0.3 is 0 Å². The number of hydrogen-bond acceptors (Lipinski definition) is 3. The van der Waals surface area contributed by atoms with Crippen molar-refractivity contribution >= 4 is 11.4 Å². The third-order valence-corrected chi connectivity index (χ3v) is 2.41. The summed E-state index contributed by atoms with van der Waals surface area (Å²) in [6.07, 6.45) is 3.72. The molecule has 0 spiro atoms. The van der Waals surface area contributed by atoms with Gasteiger partial charge in [0, 0.05) is 17.9 Å². The molecule has 4 heteroatoms. The fraction of sp³-hybridized carbons (Fsp3) is 0.231. The zero-order valence-corrected chi connectivity index (χ0v) is 9.88. The topological polar surface area (TPSA) is 53.6 Å². The Balaban J connectivity index is 2.17. The molecular weight excluding hydrogens is 212 g/mol. The van der Waals surface area contributed by atoms with Gasteiger partial charge in [-0.2, -0.15) is 10.4 Å². The SMILES string of the molecule is CC(C)n1cc(Nc2cccc(C#N)c2)cn1. The Hall–Kier alpha value is -2.28. The molecule has 86 valence electrons. The number of aromatic nitrogens is 2. The second-order valence-electron chi connectivity index (χ2n) is 4.12. The van der Waals surface area contributed by atoms with Crippen molar-refractivity contribution in [1.82, 2.24) is 9.78 Å². The van der Waals surface area contributed by atoms with Crippen molar-refractivity contribution in [2.24, 2.45) is 0 Å². The molecule has 1 aromatic carbocycles. The number of hydrogen-bond donors (Lipinski definition) is 1. The Morgan fingerprint density at radius 1 is 1.35 bits per heavy atom. The fourth-order valence-corrected chi connectivity index (χ4v) is 1.52. The maximum absolute atomic E-state index is 8.81. The molecule has 0 fully saturated rings. The van der Waals surface area contributed by atoms with Gasteiger partial charge in [0.25, 0.3) is 0 Å². The highest BCUT2D eigenvalue weighted by Gasteiger charge is 2.02. The first-order chi connectivity index (χ1) is 8.19. The molecule has 0 amide bonds. The summed E-state index contributed by atoms with van der Waals surface area (Å²) < 4.78 is 1.89. The Morgan fingerprint density at radius 2 is 2.18 bits per heavy atom. The van der Waals surface area contributed by atoms with Gasteiger partial charge in [0.15, 0.2) is 0 Å². The lowest BCUT2D eigenvalue weighted by molar-refractivity contribution is 0.532. The van der Waals surface area contributed by atoms with Crippen LogP contribution in [0.25, 0.3) is 0 Å². The maximum Gasteiger partial charge on any atom is 0.0992 e. The highest BCUT2D eigenvalue weighted by atomic mass is 15.3. The quantitative estimate of drug-likeness (QED) is 0.875. The molecule has 0 unspecified atom stereocenters. The van der Waals surface area contributed by atoms with Gasteiger partial charge in [0.2, 0.25) is 0 Å². The molecule has 1 heterocycles. The molecular formula is C13H14N4. The van der Waals surface area contributed by atoms with E-state index in [-0.39, 0.29) is 0 Å². The van der Waals surface area contributed by atoms with Crippen LogP contribution in [0.1, 0.15) is 25.5 Å². The number of nitriles is 1. The van der Waals surface area contributed by atoms with E-state index in [1.165, 1.54) is 0 Å². The molecule has 0 aliphatic carbocycles. The van der Waals surface area contributed by atoms with Crippen LogP contribution >= 0.6 is 0 Å². The summed E-state index contributed by atoms with van der Waals surface area (Å²) in [6.45, 7) is 4.15. The average Bonchev–Trinajstić information content (AvgIpc) is 2.78. The smallest absolute Gasteiger partial charge is 0.0992 e. The van der Waals surface area contributed by atoms with Crippen LogP contribution in [0.3, 0.4) is 0 Å². The van der Waals surface area contributed by atoms with Gasteiger partial charge in [-0.25, -0.2) is 0 Å². The molecule has 0 bridgehead atoms. The number of anilines is 2. The van der Waals surface area contributed by atoms with Crippen LogP contribution in [0.15, 0.2) is 36.7 Å². The molecule has 0 radical (unpaired) electrons. The number of rotatable bonds is 3. The number of nitrogens with one attached hydrogen (secondary N) is 1. The van der Waals surface area contributed by atoms with E-state index in [0.29, 0.717) is 11.6 Å². The molecule has 0 atom stereocenters. The predicted molar refractivity (Wildman–Crippen MR) is 67.1 cm³/mol. The van der Waals surface area contributed by atoms with Crippen molar-refractivity contribution in [3.8, 4) is 6.07 Å². The van der Waals surface area contributed by atoms with Gasteiger partial charge in [0.05, 0.1) is 23.5 Å². The third-order valence-electron chi connectivity index (χ3n) is 2.41. The van der Waals surface area contributed by atoms with Gasteiger partial charge in [-0.3, -0.25) is 4.68 Å². The lowest BCUT2D eigenvalue weighted by Crippen LogP contribution is -1.99. The number of nitrogens with zero attached hydrogens (tertiary/aromatic N) is 3. The summed E-state index contributed by atoms with van der Waals surface area (Å²) in [4.78, 5) is 0. The molecule has 17 heavy (non-hydrogen) atoms. The van der Waals surface area contributed by atoms with Crippen LogP contribution in [0.4, 0.5) is 11.4 Å². The first-order valence-electron chi connectivity index (χ1n) is 5.50. The summed E-state index contributed by atoms with van der Waals surface area (Å²) in [6, 6.07) is 9.83. The summed E-state index contributed by atoms with van der Waals surface area (Å²) in [5.41, 5.74) is 2.47. The van der Waals surface area contributed by atoms with Crippen LogP contribution in [0, 0.1) is 11.3 Å². The fourth-order valence-electron chi connectivity index (χ4n) is 1.52. The van der Waals surface area contributed by atoms with E-state index in [4.69, 9.17) is 5.26 Å². The highest BCUT2D eigenvalue weighted by molar-refractivity contribution is 5.59. The zero-order valence-electron chi connectivity index (χ0n) is 9.88. The summed E-state index contributed by atoms with van der Waals surface area (Å²) in [5.74, 6) is 0. The highest BCUT2D eigenvalue weighted by Crippen LogP contribution is 2.18. The first kappa shape index (κ1) is 11.2. The van der Waals surface area contributed by atoms with E-state index >= 15 is 0 Å². The summed E-state index contributed by atoms with van der Waals surface area (Å²) in [5, 5.41) is 16.3. The van der Waals surface area contributed by atoms with Crippen LogP contribution in [0.2, 0.25) is 0 Å². The standard InChI is InChI=1S/C13H14N4/c1-10(2)17-9-13(8-15-17)16-12-5-3-4-11(6-12)7-14/h3-6,8-10,16H,1-2H3. The first-order valence-corrected chi connectivity index (χ1v) is 5.50. The van der Waals surface area contributed by atoms with Crippen molar-refractivity contribution < 1.29 is 0 Å². The van der Waals surface area contributed by atoms with Crippen molar-refractivity contribution in [2.45, 2.75) is 19.9 Å². The van der Waals surface area contributed by atoms with Gasteiger partial charge < -0.3 is 5.32 Å². The van der Waals surface area contributed by atoms with Gasteiger partial charge in [-0.1, -0.05) is 6.07 Å². The molecule has 2 aromatic rings. The molecule has 0 saturated carbocycles. The molecule has 0 saturated heterocycles. The molecule has 4 nitrogen and oxygen atoms in total. The van der Waals surface area contributed by atoms with E-state index in [1.807, 2.05) is 29.1 Å². The summed E-state index contributed by atoms with van der Waals surface area (Å²) in [7, 11) is 0. The average molecular weight is 226 g/mol. The normalized spacial score (nSPS) is 10.2. The molecule has 1 aromatic heterocycles. The Morgan fingerprint density at radius 3 is 2.82 bits per heavy atom. The van der Waals surface area contributed by atoms with E-state index in [1.54, 1.807) is 12.3 Å². The lowest BCUT2D eigenvalue weighted by atomic mass is 10.2. The maximum atomic E-state index is 8.81. The largest absolute Gasteiger partial charge is 0.353 e. The van der Waals surface area contributed by atoms with E-state index < -0.39 is 0 Å². The third kappa shape index (κ3) is 2.64. The predicted octanol–water partition coefficient (Wildman–Crippen LogP) is 3.08.